The lowest BCUT2D eigenvalue weighted by Crippen LogP contribution is -2.14. The average molecular weight is 390 g/mol. The van der Waals surface area contributed by atoms with Gasteiger partial charge in [-0.15, -0.1) is 0 Å². The molecule has 146 valence electrons. The van der Waals surface area contributed by atoms with Gasteiger partial charge in [0.25, 0.3) is 11.6 Å². The van der Waals surface area contributed by atoms with E-state index in [1.165, 1.54) is 18.2 Å². The monoisotopic (exact) mass is 390 g/mol. The molecule has 0 aliphatic carbocycles. The van der Waals surface area contributed by atoms with Gasteiger partial charge in [0.1, 0.15) is 11.3 Å². The first-order valence-electron chi connectivity index (χ1n) is 8.81. The van der Waals surface area contributed by atoms with Crippen LogP contribution in [0.25, 0.3) is 0 Å². The van der Waals surface area contributed by atoms with E-state index in [1.807, 2.05) is 19.1 Å². The number of anilines is 1. The van der Waals surface area contributed by atoms with Crippen molar-refractivity contribution in [1.29, 1.82) is 0 Å². The fraction of sp³-hybridized carbons (Fsp3) is 0.0909. The summed E-state index contributed by atoms with van der Waals surface area (Å²) in [7, 11) is 0. The number of rotatable bonds is 7. The maximum absolute atomic E-state index is 12.4. The van der Waals surface area contributed by atoms with Crippen molar-refractivity contribution in [2.75, 3.05) is 11.9 Å². The Bertz CT molecular complexity index is 1060. The summed E-state index contributed by atoms with van der Waals surface area (Å²) in [5.74, 6) is -0.379. The van der Waals surface area contributed by atoms with Crippen molar-refractivity contribution in [2.45, 2.75) is 6.92 Å². The molecule has 0 aliphatic rings. The highest BCUT2D eigenvalue weighted by molar-refractivity contribution is 6.07. The summed E-state index contributed by atoms with van der Waals surface area (Å²) >= 11 is 0. The van der Waals surface area contributed by atoms with E-state index in [1.54, 1.807) is 42.5 Å². The molecule has 3 aromatic carbocycles. The zero-order valence-electron chi connectivity index (χ0n) is 15.6. The summed E-state index contributed by atoms with van der Waals surface area (Å²) in [5.41, 5.74) is 1.69. The standard InChI is InChI=1S/C22H18N2O5/c1-15-9-11-16(12-10-15)21(25)14-29-18-6-4-5-17(13-18)23-22(26)19-7-2-3-8-20(19)24(27)28/h2-13H,14H2,1H3,(H,23,26). The topological polar surface area (TPSA) is 98.5 Å². The molecule has 0 saturated heterocycles. The molecule has 0 radical (unpaired) electrons. The predicted molar refractivity (Wildman–Crippen MR) is 108 cm³/mol. The zero-order valence-corrected chi connectivity index (χ0v) is 15.6. The molecule has 1 amide bonds. The molecule has 29 heavy (non-hydrogen) atoms. The lowest BCUT2D eigenvalue weighted by atomic mass is 10.1. The summed E-state index contributed by atoms with van der Waals surface area (Å²) in [5, 5.41) is 13.7. The van der Waals surface area contributed by atoms with Gasteiger partial charge >= 0.3 is 0 Å². The number of benzene rings is 3. The first-order chi connectivity index (χ1) is 13.9. The van der Waals surface area contributed by atoms with Crippen LogP contribution < -0.4 is 10.1 Å². The highest BCUT2D eigenvalue weighted by Crippen LogP contribution is 2.22. The van der Waals surface area contributed by atoms with Gasteiger partial charge in [0.15, 0.2) is 12.4 Å². The third-order valence-electron chi connectivity index (χ3n) is 4.18. The minimum absolute atomic E-state index is 0.0432. The summed E-state index contributed by atoms with van der Waals surface area (Å²) in [6.07, 6.45) is 0. The number of Topliss-reactive ketones (excluding diaryl/α,β-unsaturated/α-hetero) is 1. The SMILES string of the molecule is Cc1ccc(C(=O)COc2cccc(NC(=O)c3ccccc3[N+](=O)[O-])c2)cc1. The molecule has 7 heteroatoms. The lowest BCUT2D eigenvalue weighted by molar-refractivity contribution is -0.385. The van der Waals surface area contributed by atoms with E-state index in [0.717, 1.165) is 5.56 Å². The molecular formula is C22H18N2O5. The first kappa shape index (κ1) is 19.8. The van der Waals surface area contributed by atoms with Crippen LogP contribution in [0.1, 0.15) is 26.3 Å². The molecule has 0 heterocycles. The minimum atomic E-state index is -0.606. The molecule has 3 rings (SSSR count). The number of carbonyl (C=O) groups excluding carboxylic acids is 2. The fourth-order valence-electron chi connectivity index (χ4n) is 2.66. The second-order valence-electron chi connectivity index (χ2n) is 6.33. The number of amides is 1. The highest BCUT2D eigenvalue weighted by atomic mass is 16.6. The molecule has 0 unspecified atom stereocenters. The fourth-order valence-corrected chi connectivity index (χ4v) is 2.66. The Balaban J connectivity index is 1.67. The van der Waals surface area contributed by atoms with E-state index < -0.39 is 10.8 Å². The van der Waals surface area contributed by atoms with Gasteiger partial charge in [0.2, 0.25) is 0 Å². The third-order valence-corrected chi connectivity index (χ3v) is 4.18. The van der Waals surface area contributed by atoms with Crippen LogP contribution >= 0.6 is 0 Å². The summed E-state index contributed by atoms with van der Waals surface area (Å²) in [6.45, 7) is 1.79. The van der Waals surface area contributed by atoms with Crippen molar-refractivity contribution in [3.63, 3.8) is 0 Å². The third kappa shape index (κ3) is 5.04. The van der Waals surface area contributed by atoms with Crippen LogP contribution in [0.5, 0.6) is 5.75 Å². The second kappa shape index (κ2) is 8.79. The van der Waals surface area contributed by atoms with Gasteiger partial charge in [-0.2, -0.15) is 0 Å². The van der Waals surface area contributed by atoms with E-state index in [9.17, 15) is 19.7 Å². The number of hydrogen-bond acceptors (Lipinski definition) is 5. The Morgan fingerprint density at radius 1 is 1.00 bits per heavy atom. The molecule has 0 bridgehead atoms. The Morgan fingerprint density at radius 3 is 2.45 bits per heavy atom. The Hall–Kier alpha value is -4.00. The summed E-state index contributed by atoms with van der Waals surface area (Å²) < 4.78 is 5.53. The molecule has 0 fully saturated rings. The Labute approximate surface area is 167 Å². The van der Waals surface area contributed by atoms with Gasteiger partial charge in [-0.25, -0.2) is 0 Å². The van der Waals surface area contributed by atoms with Gasteiger partial charge in [-0.1, -0.05) is 48.0 Å². The molecule has 0 spiro atoms. The molecule has 3 aromatic rings. The van der Waals surface area contributed by atoms with Crippen molar-refractivity contribution in [2.24, 2.45) is 0 Å². The highest BCUT2D eigenvalue weighted by Gasteiger charge is 2.19. The van der Waals surface area contributed by atoms with Crippen molar-refractivity contribution in [3.8, 4) is 5.75 Å². The van der Waals surface area contributed by atoms with Crippen molar-refractivity contribution in [3.05, 3.63) is 99.6 Å². The molecule has 0 aliphatic heterocycles. The molecule has 0 saturated carbocycles. The quantitative estimate of drug-likeness (QED) is 0.366. The van der Waals surface area contributed by atoms with Crippen LogP contribution in [-0.2, 0) is 0 Å². The van der Waals surface area contributed by atoms with E-state index >= 15 is 0 Å². The van der Waals surface area contributed by atoms with E-state index in [2.05, 4.69) is 5.32 Å². The Morgan fingerprint density at radius 2 is 1.72 bits per heavy atom. The Kier molecular flexibility index (Phi) is 5.99. The number of carbonyl (C=O) groups is 2. The van der Waals surface area contributed by atoms with E-state index in [0.29, 0.717) is 17.0 Å². The molecular weight excluding hydrogens is 372 g/mol. The molecule has 1 N–H and O–H groups in total. The van der Waals surface area contributed by atoms with Gasteiger partial charge in [-0.3, -0.25) is 19.7 Å². The molecule has 0 atom stereocenters. The molecule has 0 aromatic heterocycles. The smallest absolute Gasteiger partial charge is 0.282 e. The number of ether oxygens (including phenoxy) is 1. The van der Waals surface area contributed by atoms with Crippen LogP contribution in [0.15, 0.2) is 72.8 Å². The summed E-state index contributed by atoms with van der Waals surface area (Å²) in [6, 6.07) is 19.4. The van der Waals surface area contributed by atoms with Crippen LogP contribution in [0.3, 0.4) is 0 Å². The minimum Gasteiger partial charge on any atom is -0.485 e. The van der Waals surface area contributed by atoms with Crippen LogP contribution in [0.4, 0.5) is 11.4 Å². The predicted octanol–water partition coefficient (Wildman–Crippen LogP) is 4.42. The van der Waals surface area contributed by atoms with Crippen molar-refractivity contribution < 1.29 is 19.2 Å². The molecule has 7 nitrogen and oxygen atoms in total. The van der Waals surface area contributed by atoms with Crippen molar-refractivity contribution >= 4 is 23.1 Å². The first-order valence-corrected chi connectivity index (χ1v) is 8.81. The van der Waals surface area contributed by atoms with Crippen LogP contribution in [-0.4, -0.2) is 23.2 Å². The number of nitro groups is 1. The lowest BCUT2D eigenvalue weighted by Gasteiger charge is -2.09. The van der Waals surface area contributed by atoms with Crippen LogP contribution in [0, 0.1) is 17.0 Å². The number of ketones is 1. The number of aryl methyl sites for hydroxylation is 1. The normalized spacial score (nSPS) is 10.2. The number of nitro benzene ring substituents is 1. The van der Waals surface area contributed by atoms with Gasteiger partial charge in [0, 0.05) is 23.4 Å². The number of nitrogens with one attached hydrogen (secondary N) is 1. The maximum atomic E-state index is 12.4. The van der Waals surface area contributed by atoms with Crippen LogP contribution in [0.2, 0.25) is 0 Å². The number of nitrogens with zero attached hydrogens (tertiary/aromatic N) is 1. The number of hydrogen-bond donors (Lipinski definition) is 1. The second-order valence-corrected chi connectivity index (χ2v) is 6.33. The maximum Gasteiger partial charge on any atom is 0.282 e. The van der Waals surface area contributed by atoms with E-state index in [-0.39, 0.29) is 23.6 Å². The largest absolute Gasteiger partial charge is 0.485 e. The van der Waals surface area contributed by atoms with E-state index in [4.69, 9.17) is 4.74 Å². The zero-order chi connectivity index (χ0) is 20.8. The number of para-hydroxylation sites is 1. The van der Waals surface area contributed by atoms with Gasteiger partial charge in [0.05, 0.1) is 4.92 Å². The van der Waals surface area contributed by atoms with Gasteiger partial charge < -0.3 is 10.1 Å². The van der Waals surface area contributed by atoms with Crippen molar-refractivity contribution in [1.82, 2.24) is 0 Å². The average Bonchev–Trinajstić information content (AvgIpc) is 2.72. The van der Waals surface area contributed by atoms with Gasteiger partial charge in [-0.05, 0) is 25.1 Å². The summed E-state index contributed by atoms with van der Waals surface area (Å²) in [4.78, 5) is 35.1.